The predicted molar refractivity (Wildman–Crippen MR) is 294 cm³/mol. The van der Waals surface area contributed by atoms with Crippen molar-refractivity contribution >= 4 is 101 Å². The molecular weight excluding hydrogens is 838 g/mol. The Morgan fingerprint density at radius 3 is 1.74 bits per heavy atom. The second-order valence-corrected chi connectivity index (χ2v) is 21.5. The molecule has 4 nitrogen and oxygen atoms in total. The monoisotopic (exact) mass is 891 g/mol. The predicted octanol–water partition coefficient (Wildman–Crippen LogP) is 15.6. The van der Waals surface area contributed by atoms with Crippen LogP contribution in [0.3, 0.4) is 0 Å². The maximum atomic E-state index is 6.62. The highest BCUT2D eigenvalue weighted by atomic mass is 16.3. The molecule has 0 saturated carbocycles. The number of hydrogen-bond donors (Lipinski definition) is 0. The van der Waals surface area contributed by atoms with Gasteiger partial charge in [-0.05, 0) is 142 Å². The molecular formula is C64H54BN3O. The van der Waals surface area contributed by atoms with E-state index in [9.17, 15) is 0 Å². The lowest BCUT2D eigenvalue weighted by Gasteiger charge is -2.46. The number of anilines is 6. The minimum absolute atomic E-state index is 0.0342. The van der Waals surface area contributed by atoms with Gasteiger partial charge in [0.25, 0.3) is 6.71 Å². The Balaban J connectivity index is 1.12. The van der Waals surface area contributed by atoms with Crippen LogP contribution < -0.4 is 26.2 Å². The summed E-state index contributed by atoms with van der Waals surface area (Å²) >= 11 is 0. The summed E-state index contributed by atoms with van der Waals surface area (Å²) in [5.74, 6) is 0. The van der Waals surface area contributed by atoms with Gasteiger partial charge in [0.15, 0.2) is 0 Å². The average molecular weight is 892 g/mol. The van der Waals surface area contributed by atoms with Gasteiger partial charge in [0.05, 0.1) is 16.7 Å². The minimum Gasteiger partial charge on any atom is -0.455 e. The fourth-order valence-corrected chi connectivity index (χ4v) is 11.7. The number of aryl methyl sites for hydroxylation is 2. The molecule has 13 rings (SSSR count). The van der Waals surface area contributed by atoms with Crippen molar-refractivity contribution in [1.29, 1.82) is 0 Å². The SMILES string of the molecule is Cc1cc(-c2cccc3c2oc2ccccc23)cc(C)c1N1c2cc(C(C)(C)C)ccc2B2c3cc4c5ccccc5n(-c5ccccc5)c4cc3N(c3ccccc3)c3cc(C(C)(C)C)cc1c32. The van der Waals surface area contributed by atoms with E-state index >= 15 is 0 Å². The molecule has 5 heteroatoms. The Bertz CT molecular complexity index is 3880. The van der Waals surface area contributed by atoms with Crippen molar-refractivity contribution in [2.75, 3.05) is 9.80 Å². The topological polar surface area (TPSA) is 24.6 Å². The smallest absolute Gasteiger partial charge is 0.252 e. The van der Waals surface area contributed by atoms with Crippen molar-refractivity contribution in [2.24, 2.45) is 0 Å². The lowest BCUT2D eigenvalue weighted by Crippen LogP contribution is -2.61. The summed E-state index contributed by atoms with van der Waals surface area (Å²) in [5, 5.41) is 4.80. The van der Waals surface area contributed by atoms with Crippen molar-refractivity contribution < 1.29 is 4.42 Å². The van der Waals surface area contributed by atoms with Gasteiger partial charge in [0.2, 0.25) is 0 Å². The van der Waals surface area contributed by atoms with Gasteiger partial charge < -0.3 is 18.8 Å². The van der Waals surface area contributed by atoms with Crippen LogP contribution in [0.4, 0.5) is 34.1 Å². The van der Waals surface area contributed by atoms with Gasteiger partial charge >= 0.3 is 0 Å². The third-order valence-corrected chi connectivity index (χ3v) is 15.1. The third-order valence-electron chi connectivity index (χ3n) is 15.1. The molecule has 0 saturated heterocycles. The molecule has 11 aromatic rings. The van der Waals surface area contributed by atoms with Gasteiger partial charge in [-0.3, -0.25) is 0 Å². The molecule has 2 aliphatic heterocycles. The molecule has 0 fully saturated rings. The molecule has 0 atom stereocenters. The van der Waals surface area contributed by atoms with Gasteiger partial charge in [0, 0.05) is 61.2 Å². The summed E-state index contributed by atoms with van der Waals surface area (Å²) in [6.07, 6.45) is 0. The third kappa shape index (κ3) is 6.22. The van der Waals surface area contributed by atoms with Crippen LogP contribution in [0, 0.1) is 13.8 Å². The summed E-state index contributed by atoms with van der Waals surface area (Å²) in [5.41, 5.74) is 23.7. The van der Waals surface area contributed by atoms with Crippen LogP contribution >= 0.6 is 0 Å². The van der Waals surface area contributed by atoms with Crippen molar-refractivity contribution in [3.8, 4) is 16.8 Å². The number of nitrogens with zero attached hydrogens (tertiary/aromatic N) is 3. The quantitative estimate of drug-likeness (QED) is 0.165. The lowest BCUT2D eigenvalue weighted by atomic mass is 9.33. The molecule has 0 amide bonds. The van der Waals surface area contributed by atoms with E-state index in [1.54, 1.807) is 0 Å². The highest BCUT2D eigenvalue weighted by Gasteiger charge is 2.45. The Kier molecular flexibility index (Phi) is 8.93. The first-order chi connectivity index (χ1) is 33.3. The molecule has 0 aliphatic carbocycles. The summed E-state index contributed by atoms with van der Waals surface area (Å²) in [6.45, 7) is 18.6. The van der Waals surface area contributed by atoms with Crippen LogP contribution in [0.5, 0.6) is 0 Å². The van der Waals surface area contributed by atoms with E-state index < -0.39 is 0 Å². The molecule has 9 aromatic carbocycles. The normalized spacial score (nSPS) is 13.4. The van der Waals surface area contributed by atoms with E-state index in [2.05, 4.69) is 252 Å². The standard InChI is InChI=1S/C64H54BN3O/c1-39-32-41(46-26-19-27-49-48-25-16-18-29-59(48)69-62(46)49)33-40(2)61(39)68-55-34-42(63(3,4)5)30-31-51(55)65-52-37-50-47-24-15-17-28-53(47)66(44-20-11-9-12-21-44)54(50)38-56(52)67(45-22-13-10-14-23-45)57-35-43(64(6,7)8)36-58(68)60(57)65/h9-38H,1-8H3. The van der Waals surface area contributed by atoms with E-state index in [-0.39, 0.29) is 17.5 Å². The molecule has 0 unspecified atom stereocenters. The van der Waals surface area contributed by atoms with Crippen molar-refractivity contribution in [3.63, 3.8) is 0 Å². The second kappa shape index (κ2) is 14.9. The van der Waals surface area contributed by atoms with Crippen molar-refractivity contribution in [1.82, 2.24) is 4.57 Å². The number of fused-ring (bicyclic) bond motifs is 10. The van der Waals surface area contributed by atoms with Crippen LogP contribution in [0.1, 0.15) is 63.8 Å². The van der Waals surface area contributed by atoms with Crippen LogP contribution in [0.2, 0.25) is 0 Å². The first-order valence-electron chi connectivity index (χ1n) is 24.5. The van der Waals surface area contributed by atoms with Gasteiger partial charge in [-0.25, -0.2) is 0 Å². The fourth-order valence-electron chi connectivity index (χ4n) is 11.7. The molecule has 334 valence electrons. The number of hydrogen-bond acceptors (Lipinski definition) is 3. The van der Waals surface area contributed by atoms with E-state index in [0.717, 1.165) is 44.4 Å². The summed E-state index contributed by atoms with van der Waals surface area (Å²) in [6, 6.07) is 67.9. The number of rotatable bonds is 4. The zero-order chi connectivity index (χ0) is 47.1. The van der Waals surface area contributed by atoms with E-state index in [4.69, 9.17) is 4.42 Å². The van der Waals surface area contributed by atoms with Gasteiger partial charge in [-0.15, -0.1) is 0 Å². The zero-order valence-corrected chi connectivity index (χ0v) is 40.6. The minimum atomic E-state index is -0.147. The Morgan fingerprint density at radius 1 is 0.435 bits per heavy atom. The maximum absolute atomic E-state index is 6.62. The molecule has 0 radical (unpaired) electrons. The Labute approximate surface area is 405 Å². The summed E-state index contributed by atoms with van der Waals surface area (Å²) in [7, 11) is 0. The molecule has 2 aromatic heterocycles. The highest BCUT2D eigenvalue weighted by Crippen LogP contribution is 2.50. The number of para-hydroxylation sites is 5. The van der Waals surface area contributed by atoms with Gasteiger partial charge in [-0.1, -0.05) is 151 Å². The van der Waals surface area contributed by atoms with Crippen LogP contribution in [-0.2, 0) is 10.8 Å². The average Bonchev–Trinajstić information content (AvgIpc) is 3.89. The summed E-state index contributed by atoms with van der Waals surface area (Å²) < 4.78 is 9.08. The van der Waals surface area contributed by atoms with Gasteiger partial charge in [-0.2, -0.15) is 0 Å². The Hall–Kier alpha value is -7.76. The Morgan fingerprint density at radius 2 is 1.03 bits per heavy atom. The van der Waals surface area contributed by atoms with Crippen LogP contribution in [0.25, 0.3) is 60.6 Å². The number of aromatic nitrogens is 1. The second-order valence-electron chi connectivity index (χ2n) is 21.5. The number of furan rings is 1. The van der Waals surface area contributed by atoms with E-state index in [1.165, 1.54) is 88.9 Å². The first-order valence-corrected chi connectivity index (χ1v) is 24.5. The molecule has 0 N–H and O–H groups in total. The van der Waals surface area contributed by atoms with Crippen LogP contribution in [0.15, 0.2) is 186 Å². The van der Waals surface area contributed by atoms with Crippen LogP contribution in [-0.4, -0.2) is 11.3 Å². The van der Waals surface area contributed by atoms with Crippen molar-refractivity contribution in [2.45, 2.75) is 66.2 Å². The van der Waals surface area contributed by atoms with E-state index in [0.29, 0.717) is 0 Å². The number of benzene rings is 9. The molecule has 0 spiro atoms. The summed E-state index contributed by atoms with van der Waals surface area (Å²) in [4.78, 5) is 5.20. The molecule has 69 heavy (non-hydrogen) atoms. The molecule has 4 heterocycles. The van der Waals surface area contributed by atoms with Gasteiger partial charge in [0.1, 0.15) is 11.2 Å². The van der Waals surface area contributed by atoms with Crippen molar-refractivity contribution in [3.05, 3.63) is 204 Å². The fraction of sp³-hybridized carbons (Fsp3) is 0.156. The maximum Gasteiger partial charge on any atom is 0.252 e. The molecule has 0 bridgehead atoms. The highest BCUT2D eigenvalue weighted by molar-refractivity contribution is 7.00. The first kappa shape index (κ1) is 41.4. The largest absolute Gasteiger partial charge is 0.455 e. The zero-order valence-electron chi connectivity index (χ0n) is 40.6. The molecule has 2 aliphatic rings. The van der Waals surface area contributed by atoms with E-state index in [1.807, 2.05) is 0 Å². The lowest BCUT2D eigenvalue weighted by molar-refractivity contribution is 0.590.